The molecule has 2 amide bonds. The van der Waals surface area contributed by atoms with Crippen LogP contribution in [0.5, 0.6) is 0 Å². The molecule has 1 N–H and O–H groups in total. The highest BCUT2D eigenvalue weighted by Gasteiger charge is 2.27. The molecule has 9 nitrogen and oxygen atoms in total. The zero-order valence-electron chi connectivity index (χ0n) is 18.4. The average molecular weight is 445 g/mol. The number of fused-ring (bicyclic) bond motifs is 2. The average Bonchev–Trinajstić information content (AvgIpc) is 3.41. The van der Waals surface area contributed by atoms with E-state index in [2.05, 4.69) is 21.4 Å². The molecule has 2 aliphatic heterocycles. The molecule has 168 valence electrons. The molecule has 0 atom stereocenters. The first-order chi connectivity index (χ1) is 16.0. The largest absolute Gasteiger partial charge is 0.465 e. The van der Waals surface area contributed by atoms with E-state index in [9.17, 15) is 14.4 Å². The highest BCUT2D eigenvalue weighted by atomic mass is 16.5. The van der Waals surface area contributed by atoms with E-state index in [1.54, 1.807) is 29.2 Å². The van der Waals surface area contributed by atoms with Crippen LogP contribution in [0.25, 0.3) is 0 Å². The molecule has 2 aliphatic rings. The second-order valence-corrected chi connectivity index (χ2v) is 8.07. The number of benzene rings is 2. The number of esters is 1. The lowest BCUT2D eigenvalue weighted by Crippen LogP contribution is -2.34. The normalized spacial score (nSPS) is 14.7. The quantitative estimate of drug-likeness (QED) is 0.621. The molecule has 0 saturated heterocycles. The van der Waals surface area contributed by atoms with Crippen LogP contribution in [0.3, 0.4) is 0 Å². The number of carbonyl (C=O) groups is 3. The molecular formula is C24H23N5O4. The van der Waals surface area contributed by atoms with Gasteiger partial charge >= 0.3 is 5.97 Å². The molecule has 9 heteroatoms. The summed E-state index contributed by atoms with van der Waals surface area (Å²) in [5.74, 6) is 0.290. The van der Waals surface area contributed by atoms with Crippen molar-refractivity contribution in [2.24, 2.45) is 0 Å². The predicted octanol–water partition coefficient (Wildman–Crippen LogP) is 2.70. The fraction of sp³-hybridized carbons (Fsp3) is 0.250. The molecule has 5 rings (SSSR count). The third-order valence-electron chi connectivity index (χ3n) is 6.08. The Morgan fingerprint density at radius 3 is 2.61 bits per heavy atom. The molecule has 0 fully saturated rings. The van der Waals surface area contributed by atoms with Gasteiger partial charge in [-0.2, -0.15) is 5.10 Å². The number of nitrogens with one attached hydrogen (secondary N) is 1. The third kappa shape index (κ3) is 3.61. The second kappa shape index (κ2) is 8.09. The lowest BCUT2D eigenvalue weighted by molar-refractivity contribution is 0.0597. The Balaban J connectivity index is 1.38. The number of likely N-dealkylation sites (N-methyl/N-ethyl adjacent to an activating group) is 1. The first-order valence-corrected chi connectivity index (χ1v) is 10.7. The van der Waals surface area contributed by atoms with Gasteiger partial charge in [0.1, 0.15) is 5.82 Å². The van der Waals surface area contributed by atoms with Crippen molar-refractivity contribution >= 4 is 35.1 Å². The number of ether oxygens (including phenoxy) is 1. The number of aromatic nitrogens is 2. The summed E-state index contributed by atoms with van der Waals surface area (Å²) in [7, 11) is 3.10. The maximum absolute atomic E-state index is 12.8. The Morgan fingerprint density at radius 1 is 1.03 bits per heavy atom. The van der Waals surface area contributed by atoms with E-state index in [1.165, 1.54) is 7.11 Å². The number of nitrogens with zero attached hydrogens (tertiary/aromatic N) is 4. The number of carbonyl (C=O) groups excluding carboxylic acids is 3. The summed E-state index contributed by atoms with van der Waals surface area (Å²) < 4.78 is 6.61. The minimum Gasteiger partial charge on any atom is -0.465 e. The minimum absolute atomic E-state index is 0.0477. The van der Waals surface area contributed by atoms with E-state index < -0.39 is 11.9 Å². The van der Waals surface area contributed by atoms with Gasteiger partial charge in [-0.3, -0.25) is 9.59 Å². The van der Waals surface area contributed by atoms with Crippen molar-refractivity contribution in [2.45, 2.75) is 13.0 Å². The lowest BCUT2D eigenvalue weighted by Gasteiger charge is -2.26. The van der Waals surface area contributed by atoms with E-state index in [-0.39, 0.29) is 17.0 Å². The van der Waals surface area contributed by atoms with E-state index >= 15 is 0 Å². The molecule has 0 radical (unpaired) electrons. The van der Waals surface area contributed by atoms with Crippen molar-refractivity contribution in [2.75, 3.05) is 37.5 Å². The van der Waals surface area contributed by atoms with Crippen molar-refractivity contribution in [3.8, 4) is 0 Å². The summed E-state index contributed by atoms with van der Waals surface area (Å²) in [5.41, 5.74) is 3.19. The molecular weight excluding hydrogens is 422 g/mol. The zero-order chi connectivity index (χ0) is 23.1. The van der Waals surface area contributed by atoms with Crippen LogP contribution in [0.2, 0.25) is 0 Å². The fourth-order valence-corrected chi connectivity index (χ4v) is 4.33. The van der Waals surface area contributed by atoms with E-state index in [0.29, 0.717) is 18.9 Å². The molecule has 2 aromatic carbocycles. The van der Waals surface area contributed by atoms with Crippen LogP contribution in [0.15, 0.2) is 48.5 Å². The van der Waals surface area contributed by atoms with E-state index in [1.807, 2.05) is 29.9 Å². The summed E-state index contributed by atoms with van der Waals surface area (Å²) >= 11 is 0. The van der Waals surface area contributed by atoms with Crippen LogP contribution < -0.4 is 10.2 Å². The summed E-state index contributed by atoms with van der Waals surface area (Å²) in [5, 5.41) is 7.29. The molecule has 0 spiro atoms. The van der Waals surface area contributed by atoms with Crippen molar-refractivity contribution in [1.82, 2.24) is 14.7 Å². The van der Waals surface area contributed by atoms with Gasteiger partial charge in [0.15, 0.2) is 5.82 Å². The predicted molar refractivity (Wildman–Crippen MR) is 122 cm³/mol. The van der Waals surface area contributed by atoms with Crippen molar-refractivity contribution in [1.29, 1.82) is 0 Å². The summed E-state index contributed by atoms with van der Waals surface area (Å²) in [4.78, 5) is 41.1. The number of hydrogen-bond acceptors (Lipinski definition) is 6. The Bertz CT molecular complexity index is 1280. The standard InChI is InChI=1S/C24H23N5O4/c1-27-10-9-15-13-16(7-8-17(15)23(27)31)28-11-12-29-21(28)14-20(26-29)25-22(30)18-5-3-4-6-19(18)24(32)33-2/h3-8,13-14H,9-12H2,1-2H3,(H,25,26,30). The molecule has 0 bridgehead atoms. The number of amides is 2. The van der Waals surface area contributed by atoms with Gasteiger partial charge in [0.25, 0.3) is 11.8 Å². The van der Waals surface area contributed by atoms with Crippen molar-refractivity contribution in [3.63, 3.8) is 0 Å². The third-order valence-corrected chi connectivity index (χ3v) is 6.08. The zero-order valence-corrected chi connectivity index (χ0v) is 18.4. The van der Waals surface area contributed by atoms with Gasteiger partial charge < -0.3 is 19.9 Å². The van der Waals surface area contributed by atoms with Crippen LogP contribution in [-0.2, 0) is 17.7 Å². The second-order valence-electron chi connectivity index (χ2n) is 8.07. The Morgan fingerprint density at radius 2 is 1.82 bits per heavy atom. The molecule has 3 heterocycles. The highest BCUT2D eigenvalue weighted by molar-refractivity contribution is 6.10. The summed E-state index contributed by atoms with van der Waals surface area (Å²) in [6.45, 7) is 2.12. The minimum atomic E-state index is -0.573. The monoisotopic (exact) mass is 445 g/mol. The highest BCUT2D eigenvalue weighted by Crippen LogP contribution is 2.34. The van der Waals surface area contributed by atoms with E-state index in [4.69, 9.17) is 4.74 Å². The van der Waals surface area contributed by atoms with Crippen LogP contribution in [0, 0.1) is 0 Å². The first-order valence-electron chi connectivity index (χ1n) is 10.7. The summed E-state index contributed by atoms with van der Waals surface area (Å²) in [6.07, 6.45) is 0.819. The lowest BCUT2D eigenvalue weighted by atomic mass is 9.98. The van der Waals surface area contributed by atoms with Crippen molar-refractivity contribution in [3.05, 3.63) is 70.8 Å². The van der Waals surface area contributed by atoms with Gasteiger partial charge in [0, 0.05) is 37.5 Å². The first kappa shape index (κ1) is 20.7. The van der Waals surface area contributed by atoms with Gasteiger partial charge in [-0.05, 0) is 42.3 Å². The molecule has 0 aliphatic carbocycles. The van der Waals surface area contributed by atoms with Gasteiger partial charge in [-0.1, -0.05) is 12.1 Å². The van der Waals surface area contributed by atoms with Crippen LogP contribution in [0.1, 0.15) is 36.6 Å². The van der Waals surface area contributed by atoms with Crippen LogP contribution in [-0.4, -0.2) is 59.7 Å². The van der Waals surface area contributed by atoms with Crippen LogP contribution in [0.4, 0.5) is 17.3 Å². The number of anilines is 3. The topological polar surface area (TPSA) is 96.8 Å². The maximum Gasteiger partial charge on any atom is 0.338 e. The number of methoxy groups -OCH3 is 1. The van der Waals surface area contributed by atoms with Gasteiger partial charge in [0.2, 0.25) is 0 Å². The van der Waals surface area contributed by atoms with Gasteiger partial charge in [0.05, 0.1) is 24.8 Å². The Labute approximate surface area is 190 Å². The molecule has 33 heavy (non-hydrogen) atoms. The number of hydrogen-bond donors (Lipinski definition) is 1. The van der Waals surface area contributed by atoms with Crippen molar-refractivity contribution < 1.29 is 19.1 Å². The Kier molecular flexibility index (Phi) is 5.08. The van der Waals surface area contributed by atoms with Gasteiger partial charge in [-0.15, -0.1) is 0 Å². The smallest absolute Gasteiger partial charge is 0.338 e. The molecule has 0 saturated carbocycles. The molecule has 0 unspecified atom stereocenters. The maximum atomic E-state index is 12.8. The number of rotatable bonds is 4. The Hall–Kier alpha value is -4.14. The van der Waals surface area contributed by atoms with Crippen LogP contribution >= 0.6 is 0 Å². The summed E-state index contributed by atoms with van der Waals surface area (Å²) in [6, 6.07) is 14.2. The molecule has 3 aromatic rings. The fourth-order valence-electron chi connectivity index (χ4n) is 4.33. The molecule has 1 aromatic heterocycles. The van der Waals surface area contributed by atoms with E-state index in [0.717, 1.165) is 35.6 Å². The van der Waals surface area contributed by atoms with Gasteiger partial charge in [-0.25, -0.2) is 9.48 Å². The SMILES string of the molecule is COC(=O)c1ccccc1C(=O)Nc1cc2n(n1)CCN2c1ccc2c(c1)CCN(C)C2=O.